The number of fused-ring (bicyclic) bond motifs is 2. The lowest BCUT2D eigenvalue weighted by molar-refractivity contribution is -0.0884. The number of hydrogen-bond donors (Lipinski definition) is 0. The summed E-state index contributed by atoms with van der Waals surface area (Å²) in [5.74, 6) is -1.11. The van der Waals surface area contributed by atoms with Crippen molar-refractivity contribution >= 4 is 27.5 Å². The summed E-state index contributed by atoms with van der Waals surface area (Å²) in [6.45, 7) is 2.12. The molecule has 3 nitrogen and oxygen atoms in total. The number of benzene rings is 3. The van der Waals surface area contributed by atoms with Gasteiger partial charge in [0.2, 0.25) is 0 Å². The molecule has 0 saturated carbocycles. The van der Waals surface area contributed by atoms with Gasteiger partial charge in [-0.05, 0) is 24.4 Å². The standard InChI is InChI=1S/C23H18F3NO2/c1-15-21(22(28)23(24,25)26)18-10-4-5-11-19(18)27(15)13-14-29-20-12-6-8-16-7-2-3-9-17(16)20/h2-12H,13-14H2,1H3. The summed E-state index contributed by atoms with van der Waals surface area (Å²) in [5, 5.41) is 2.32. The number of Topliss-reactive ketones (excluding diaryl/α,β-unsaturated/α-hetero) is 1. The molecule has 0 bridgehead atoms. The van der Waals surface area contributed by atoms with Crippen molar-refractivity contribution in [2.75, 3.05) is 6.61 Å². The zero-order valence-corrected chi connectivity index (χ0v) is 15.7. The van der Waals surface area contributed by atoms with Gasteiger partial charge in [-0.15, -0.1) is 0 Å². The molecule has 29 heavy (non-hydrogen) atoms. The third-order valence-corrected chi connectivity index (χ3v) is 5.04. The van der Waals surface area contributed by atoms with Gasteiger partial charge < -0.3 is 9.30 Å². The van der Waals surface area contributed by atoms with Crippen LogP contribution in [0.1, 0.15) is 16.1 Å². The second-order valence-electron chi connectivity index (χ2n) is 6.78. The number of ether oxygens (including phenoxy) is 1. The Balaban J connectivity index is 1.65. The fraction of sp³-hybridized carbons (Fsp3) is 0.174. The third-order valence-electron chi connectivity index (χ3n) is 5.04. The smallest absolute Gasteiger partial charge is 0.454 e. The van der Waals surface area contributed by atoms with Crippen LogP contribution in [-0.2, 0) is 6.54 Å². The van der Waals surface area contributed by atoms with E-state index in [-0.39, 0.29) is 17.9 Å². The Morgan fingerprint density at radius 3 is 2.34 bits per heavy atom. The molecule has 0 atom stereocenters. The number of rotatable bonds is 5. The van der Waals surface area contributed by atoms with Crippen LogP contribution in [0.25, 0.3) is 21.7 Å². The lowest BCUT2D eigenvalue weighted by atomic mass is 10.1. The molecule has 0 aliphatic carbocycles. The minimum atomic E-state index is -4.92. The van der Waals surface area contributed by atoms with E-state index in [4.69, 9.17) is 4.74 Å². The predicted molar refractivity (Wildman–Crippen MR) is 107 cm³/mol. The lowest BCUT2D eigenvalue weighted by Gasteiger charge is -2.12. The van der Waals surface area contributed by atoms with E-state index in [2.05, 4.69) is 0 Å². The Bertz CT molecular complexity index is 1200. The molecule has 1 heterocycles. The quantitative estimate of drug-likeness (QED) is 0.391. The van der Waals surface area contributed by atoms with Gasteiger partial charge in [0, 0.05) is 22.0 Å². The average molecular weight is 397 g/mol. The molecule has 0 N–H and O–H groups in total. The number of halogens is 3. The zero-order valence-electron chi connectivity index (χ0n) is 15.7. The molecule has 6 heteroatoms. The molecule has 0 radical (unpaired) electrons. The number of carbonyl (C=O) groups is 1. The first-order chi connectivity index (χ1) is 13.9. The highest BCUT2D eigenvalue weighted by Gasteiger charge is 2.42. The fourth-order valence-electron chi connectivity index (χ4n) is 3.72. The van der Waals surface area contributed by atoms with Crippen molar-refractivity contribution in [2.24, 2.45) is 0 Å². The summed E-state index contributed by atoms with van der Waals surface area (Å²) in [7, 11) is 0. The first-order valence-electron chi connectivity index (χ1n) is 9.18. The van der Waals surface area contributed by atoms with Crippen molar-refractivity contribution in [2.45, 2.75) is 19.6 Å². The average Bonchev–Trinajstić information content (AvgIpc) is 2.98. The van der Waals surface area contributed by atoms with Gasteiger partial charge in [-0.25, -0.2) is 0 Å². The number of hydrogen-bond acceptors (Lipinski definition) is 2. The molecule has 0 saturated heterocycles. The van der Waals surface area contributed by atoms with Crippen molar-refractivity contribution in [3.8, 4) is 5.75 Å². The largest absolute Gasteiger partial charge is 0.491 e. The van der Waals surface area contributed by atoms with Gasteiger partial charge in [-0.1, -0.05) is 54.6 Å². The monoisotopic (exact) mass is 397 g/mol. The van der Waals surface area contributed by atoms with Crippen molar-refractivity contribution in [1.29, 1.82) is 0 Å². The summed E-state index contributed by atoms with van der Waals surface area (Å²) in [5.41, 5.74) is 0.576. The minimum Gasteiger partial charge on any atom is -0.491 e. The second kappa shape index (κ2) is 7.28. The zero-order chi connectivity index (χ0) is 20.6. The predicted octanol–water partition coefficient (Wildman–Crippen LogP) is 5.93. The molecule has 148 valence electrons. The Labute approximate surface area is 165 Å². The number of carbonyl (C=O) groups excluding carboxylic acids is 1. The van der Waals surface area contributed by atoms with Gasteiger partial charge >= 0.3 is 6.18 Å². The SMILES string of the molecule is Cc1c(C(=O)C(F)(F)F)c2ccccc2n1CCOc1cccc2ccccc12. The fourth-order valence-corrected chi connectivity index (χ4v) is 3.72. The van der Waals surface area contributed by atoms with Crippen molar-refractivity contribution in [3.05, 3.63) is 78.0 Å². The maximum Gasteiger partial charge on any atom is 0.454 e. The number of nitrogens with zero attached hydrogens (tertiary/aromatic N) is 1. The second-order valence-corrected chi connectivity index (χ2v) is 6.78. The summed E-state index contributed by atoms with van der Waals surface area (Å²) in [4.78, 5) is 12.0. The number of ketones is 1. The van der Waals surface area contributed by atoms with Gasteiger partial charge in [0.25, 0.3) is 5.78 Å². The van der Waals surface area contributed by atoms with Crippen LogP contribution >= 0.6 is 0 Å². The van der Waals surface area contributed by atoms with E-state index in [1.165, 1.54) is 6.92 Å². The lowest BCUT2D eigenvalue weighted by Crippen LogP contribution is -2.23. The van der Waals surface area contributed by atoms with E-state index in [9.17, 15) is 18.0 Å². The molecule has 0 fully saturated rings. The van der Waals surface area contributed by atoms with Crippen molar-refractivity contribution in [3.63, 3.8) is 0 Å². The number of para-hydroxylation sites is 1. The summed E-state index contributed by atoms with van der Waals surface area (Å²) < 4.78 is 46.9. The number of aromatic nitrogens is 1. The molecule has 3 aromatic carbocycles. The Hall–Kier alpha value is -3.28. The van der Waals surface area contributed by atoms with Crippen LogP contribution in [0.2, 0.25) is 0 Å². The van der Waals surface area contributed by atoms with E-state index in [0.29, 0.717) is 23.2 Å². The van der Waals surface area contributed by atoms with Crippen molar-refractivity contribution < 1.29 is 22.7 Å². The maximum atomic E-state index is 13.1. The van der Waals surface area contributed by atoms with E-state index >= 15 is 0 Å². The molecule has 4 aromatic rings. The molecule has 1 aromatic heterocycles. The van der Waals surface area contributed by atoms with Crippen LogP contribution in [0.5, 0.6) is 5.75 Å². The highest BCUT2D eigenvalue weighted by atomic mass is 19.4. The molecule has 0 spiro atoms. The Morgan fingerprint density at radius 2 is 1.59 bits per heavy atom. The van der Waals surface area contributed by atoms with Gasteiger partial charge in [0.15, 0.2) is 0 Å². The summed E-state index contributed by atoms with van der Waals surface area (Å²) in [6.07, 6.45) is -4.92. The Kier molecular flexibility index (Phi) is 4.78. The number of alkyl halides is 3. The third kappa shape index (κ3) is 3.46. The van der Waals surface area contributed by atoms with Crippen molar-refractivity contribution in [1.82, 2.24) is 4.57 Å². The van der Waals surface area contributed by atoms with Crippen LogP contribution in [0.3, 0.4) is 0 Å². The van der Waals surface area contributed by atoms with E-state index in [1.807, 2.05) is 42.5 Å². The molecular formula is C23H18F3NO2. The Morgan fingerprint density at radius 1 is 0.931 bits per heavy atom. The van der Waals surface area contributed by atoms with Gasteiger partial charge in [-0.3, -0.25) is 4.79 Å². The maximum absolute atomic E-state index is 13.1. The van der Waals surface area contributed by atoms with Crippen LogP contribution in [-0.4, -0.2) is 23.1 Å². The van der Waals surface area contributed by atoms with Crippen LogP contribution in [0.15, 0.2) is 66.7 Å². The minimum absolute atomic E-state index is 0.257. The summed E-state index contributed by atoms with van der Waals surface area (Å²) in [6, 6.07) is 20.2. The molecule has 4 rings (SSSR count). The van der Waals surface area contributed by atoms with Gasteiger partial charge in [0.1, 0.15) is 12.4 Å². The molecule has 0 unspecified atom stereocenters. The normalized spacial score (nSPS) is 11.9. The van der Waals surface area contributed by atoms with E-state index in [0.717, 1.165) is 10.8 Å². The van der Waals surface area contributed by atoms with Gasteiger partial charge in [0.05, 0.1) is 12.1 Å². The van der Waals surface area contributed by atoms with Crippen LogP contribution < -0.4 is 4.74 Å². The highest BCUT2D eigenvalue weighted by molar-refractivity contribution is 6.12. The molecule has 0 amide bonds. The van der Waals surface area contributed by atoms with Crippen LogP contribution in [0.4, 0.5) is 13.2 Å². The highest BCUT2D eigenvalue weighted by Crippen LogP contribution is 2.32. The molecule has 0 aliphatic rings. The van der Waals surface area contributed by atoms with E-state index < -0.39 is 12.0 Å². The molecular weight excluding hydrogens is 379 g/mol. The van der Waals surface area contributed by atoms with E-state index in [1.54, 1.807) is 28.8 Å². The van der Waals surface area contributed by atoms with Crippen LogP contribution in [0, 0.1) is 6.92 Å². The first-order valence-corrected chi connectivity index (χ1v) is 9.18. The molecule has 0 aliphatic heterocycles. The topological polar surface area (TPSA) is 31.2 Å². The van der Waals surface area contributed by atoms with Gasteiger partial charge in [-0.2, -0.15) is 13.2 Å². The summed E-state index contributed by atoms with van der Waals surface area (Å²) >= 11 is 0. The first kappa shape index (κ1) is 19.1.